The fourth-order valence-electron chi connectivity index (χ4n) is 0.291. The summed E-state index contributed by atoms with van der Waals surface area (Å²) in [5.74, 6) is -0.550. The van der Waals surface area contributed by atoms with Gasteiger partial charge >= 0.3 is 13.6 Å². The maximum absolute atomic E-state index is 10.0. The summed E-state index contributed by atoms with van der Waals surface area (Å²) in [6.07, 6.45) is 0.550. The SMILES string of the molecule is O=C(O)CC=CP(=O)(O)O. The Kier molecular flexibility index (Phi) is 3.28. The molecular formula is C4H7O5P. The standard InChI is InChI=1S/C4H7O5P/c5-4(6)2-1-3-10(7,8)9/h1,3H,2H2,(H,5,6)(H2,7,8,9). The van der Waals surface area contributed by atoms with Gasteiger partial charge in [-0.05, 0) is 0 Å². The van der Waals surface area contributed by atoms with Gasteiger partial charge in [0.2, 0.25) is 0 Å². The number of carbonyl (C=O) groups is 1. The minimum absolute atomic E-state index is 0.370. The van der Waals surface area contributed by atoms with E-state index in [9.17, 15) is 9.36 Å². The highest BCUT2D eigenvalue weighted by atomic mass is 31.2. The first-order chi connectivity index (χ1) is 4.42. The molecule has 0 spiro atoms. The Morgan fingerprint density at radius 3 is 2.30 bits per heavy atom. The molecule has 0 unspecified atom stereocenters. The van der Waals surface area contributed by atoms with Crippen molar-refractivity contribution in [2.75, 3.05) is 0 Å². The Balaban J connectivity index is 3.79. The molecule has 0 aliphatic carbocycles. The van der Waals surface area contributed by atoms with E-state index in [0.717, 1.165) is 6.08 Å². The highest BCUT2D eigenvalue weighted by Gasteiger charge is 2.04. The maximum atomic E-state index is 10.0. The number of carboxylic acids is 1. The summed E-state index contributed by atoms with van der Waals surface area (Å²) in [5, 5.41) is 8.01. The summed E-state index contributed by atoms with van der Waals surface area (Å²) in [6, 6.07) is 0. The lowest BCUT2D eigenvalue weighted by Crippen LogP contribution is -1.89. The number of hydrogen-bond acceptors (Lipinski definition) is 2. The topological polar surface area (TPSA) is 94.8 Å². The fraction of sp³-hybridized carbons (Fsp3) is 0.250. The van der Waals surface area contributed by atoms with Gasteiger partial charge < -0.3 is 14.9 Å². The molecule has 0 radical (unpaired) electrons. The van der Waals surface area contributed by atoms with E-state index in [1.165, 1.54) is 0 Å². The minimum Gasteiger partial charge on any atom is -0.481 e. The van der Waals surface area contributed by atoms with Gasteiger partial charge in [-0.15, -0.1) is 0 Å². The van der Waals surface area contributed by atoms with Gasteiger partial charge in [-0.1, -0.05) is 6.08 Å². The molecule has 0 saturated heterocycles. The van der Waals surface area contributed by atoms with Gasteiger partial charge in [0.05, 0.1) is 6.42 Å². The van der Waals surface area contributed by atoms with Crippen LogP contribution < -0.4 is 0 Å². The lowest BCUT2D eigenvalue weighted by Gasteiger charge is -1.91. The maximum Gasteiger partial charge on any atom is 0.348 e. The van der Waals surface area contributed by atoms with Gasteiger partial charge in [0.1, 0.15) is 0 Å². The highest BCUT2D eigenvalue weighted by Crippen LogP contribution is 2.35. The van der Waals surface area contributed by atoms with Crippen LogP contribution in [0.2, 0.25) is 0 Å². The summed E-state index contributed by atoms with van der Waals surface area (Å²) in [7, 11) is -4.17. The molecule has 0 aromatic heterocycles. The normalized spacial score (nSPS) is 12.2. The number of hydrogen-bond donors (Lipinski definition) is 3. The van der Waals surface area contributed by atoms with Crippen LogP contribution in [0.25, 0.3) is 0 Å². The molecule has 0 fully saturated rings. The molecule has 58 valence electrons. The molecule has 0 heterocycles. The predicted octanol–water partition coefficient (Wildman–Crippen LogP) is 0.152. The van der Waals surface area contributed by atoms with Gasteiger partial charge in [0.15, 0.2) is 0 Å². The molecule has 0 saturated carbocycles. The van der Waals surface area contributed by atoms with Crippen molar-refractivity contribution in [3.05, 3.63) is 11.9 Å². The average molecular weight is 166 g/mol. The first-order valence-electron chi connectivity index (χ1n) is 2.36. The Hall–Kier alpha value is -0.640. The van der Waals surface area contributed by atoms with E-state index >= 15 is 0 Å². The second-order valence-electron chi connectivity index (χ2n) is 1.57. The smallest absolute Gasteiger partial charge is 0.348 e. The van der Waals surface area contributed by atoms with Gasteiger partial charge in [-0.25, -0.2) is 0 Å². The van der Waals surface area contributed by atoms with Crippen molar-refractivity contribution in [2.24, 2.45) is 0 Å². The van der Waals surface area contributed by atoms with E-state index in [1.807, 2.05) is 0 Å². The molecule has 6 heteroatoms. The number of rotatable bonds is 3. The molecule has 0 amide bonds. The number of carboxylic acid groups (broad SMARTS) is 1. The zero-order chi connectivity index (χ0) is 8.20. The molecule has 0 aliphatic heterocycles. The van der Waals surface area contributed by atoms with Gasteiger partial charge in [-0.2, -0.15) is 0 Å². The van der Waals surface area contributed by atoms with E-state index < -0.39 is 13.6 Å². The van der Waals surface area contributed by atoms with Crippen LogP contribution in [0, 0.1) is 0 Å². The van der Waals surface area contributed by atoms with Crippen molar-refractivity contribution < 1.29 is 24.3 Å². The van der Waals surface area contributed by atoms with E-state index in [4.69, 9.17) is 14.9 Å². The average Bonchev–Trinajstić information content (AvgIpc) is 1.59. The Morgan fingerprint density at radius 1 is 1.50 bits per heavy atom. The van der Waals surface area contributed by atoms with Crippen molar-refractivity contribution in [3.8, 4) is 0 Å². The summed E-state index contributed by atoms with van der Waals surface area (Å²) >= 11 is 0. The molecule has 0 aliphatic rings. The summed E-state index contributed by atoms with van der Waals surface area (Å²) < 4.78 is 10.0. The largest absolute Gasteiger partial charge is 0.481 e. The molecule has 3 N–H and O–H groups in total. The third-order valence-electron chi connectivity index (χ3n) is 0.592. The first kappa shape index (κ1) is 9.36. The van der Waals surface area contributed by atoms with Crippen LogP contribution in [0.3, 0.4) is 0 Å². The molecule has 10 heavy (non-hydrogen) atoms. The lowest BCUT2D eigenvalue weighted by atomic mass is 10.4. The molecule has 0 aromatic rings. The number of aliphatic carboxylic acids is 1. The zero-order valence-corrected chi connectivity index (χ0v) is 5.86. The van der Waals surface area contributed by atoms with Crippen LogP contribution in [0.15, 0.2) is 11.9 Å². The van der Waals surface area contributed by atoms with Crippen LogP contribution in [-0.4, -0.2) is 20.9 Å². The van der Waals surface area contributed by atoms with Gasteiger partial charge in [0.25, 0.3) is 0 Å². The molecule has 0 rings (SSSR count). The molecule has 0 bridgehead atoms. The second kappa shape index (κ2) is 3.51. The zero-order valence-electron chi connectivity index (χ0n) is 4.97. The van der Waals surface area contributed by atoms with Crippen molar-refractivity contribution in [2.45, 2.75) is 6.42 Å². The fourth-order valence-corrected chi connectivity index (χ4v) is 0.671. The molecule has 0 aromatic carbocycles. The summed E-state index contributed by atoms with van der Waals surface area (Å²) in [4.78, 5) is 26.1. The van der Waals surface area contributed by atoms with E-state index in [-0.39, 0.29) is 6.42 Å². The van der Waals surface area contributed by atoms with E-state index in [1.54, 1.807) is 0 Å². The Bertz CT molecular complexity index is 190. The van der Waals surface area contributed by atoms with Gasteiger partial charge in [-0.3, -0.25) is 9.36 Å². The van der Waals surface area contributed by atoms with E-state index in [0.29, 0.717) is 5.82 Å². The summed E-state index contributed by atoms with van der Waals surface area (Å²) in [5.41, 5.74) is 0. The van der Waals surface area contributed by atoms with Crippen molar-refractivity contribution in [3.63, 3.8) is 0 Å². The van der Waals surface area contributed by atoms with Crippen LogP contribution in [0.1, 0.15) is 6.42 Å². The van der Waals surface area contributed by atoms with E-state index in [2.05, 4.69) is 0 Å². The quantitative estimate of drug-likeness (QED) is 0.519. The van der Waals surface area contributed by atoms with Crippen LogP contribution in [-0.2, 0) is 9.36 Å². The molecule has 0 atom stereocenters. The first-order valence-corrected chi connectivity index (χ1v) is 4.05. The minimum atomic E-state index is -4.17. The van der Waals surface area contributed by atoms with Crippen molar-refractivity contribution >= 4 is 13.6 Å². The third kappa shape index (κ3) is 7.36. The monoisotopic (exact) mass is 166 g/mol. The van der Waals surface area contributed by atoms with Crippen LogP contribution in [0.5, 0.6) is 0 Å². The molecular weight excluding hydrogens is 159 g/mol. The van der Waals surface area contributed by atoms with Crippen molar-refractivity contribution in [1.82, 2.24) is 0 Å². The van der Waals surface area contributed by atoms with Crippen LogP contribution in [0.4, 0.5) is 0 Å². The third-order valence-corrected chi connectivity index (χ3v) is 1.19. The summed E-state index contributed by atoms with van der Waals surface area (Å²) in [6.45, 7) is 0. The highest BCUT2D eigenvalue weighted by molar-refractivity contribution is 7.55. The predicted molar refractivity (Wildman–Crippen MR) is 33.4 cm³/mol. The lowest BCUT2D eigenvalue weighted by molar-refractivity contribution is -0.135. The van der Waals surface area contributed by atoms with Crippen LogP contribution >= 0.6 is 7.60 Å². The van der Waals surface area contributed by atoms with Crippen molar-refractivity contribution in [1.29, 1.82) is 0 Å². The second-order valence-corrected chi connectivity index (χ2v) is 3.05. The molecule has 5 nitrogen and oxygen atoms in total. The Morgan fingerprint density at radius 2 is 2.00 bits per heavy atom. The Labute approximate surface area is 57.2 Å². The van der Waals surface area contributed by atoms with Gasteiger partial charge in [0, 0.05) is 5.82 Å².